The second kappa shape index (κ2) is 4.88. The molecule has 0 saturated heterocycles. The maximum absolute atomic E-state index is 11.9. The maximum atomic E-state index is 11.9. The van der Waals surface area contributed by atoms with E-state index in [1.165, 1.54) is 5.56 Å². The van der Waals surface area contributed by atoms with Gasteiger partial charge in [0.25, 0.3) is 0 Å². The topological polar surface area (TPSA) is 48.0 Å². The standard InChI is InChI=1S/C17H18N2O2/c1-17(2,3)13-8-6-12(7-9-13)11-19-15-14(21-16(19)20)5-4-10-18-15/h4-10H,11H2,1-3H3. The molecular weight excluding hydrogens is 264 g/mol. The van der Waals surface area contributed by atoms with Crippen LogP contribution in [-0.4, -0.2) is 9.55 Å². The van der Waals surface area contributed by atoms with Gasteiger partial charge in [-0.1, -0.05) is 45.0 Å². The molecule has 0 atom stereocenters. The van der Waals surface area contributed by atoms with Crippen molar-refractivity contribution in [2.75, 3.05) is 0 Å². The molecule has 0 aliphatic carbocycles. The minimum atomic E-state index is -0.372. The van der Waals surface area contributed by atoms with Crippen molar-refractivity contribution in [2.45, 2.75) is 32.7 Å². The van der Waals surface area contributed by atoms with Crippen LogP contribution >= 0.6 is 0 Å². The van der Waals surface area contributed by atoms with Crippen LogP contribution < -0.4 is 5.76 Å². The van der Waals surface area contributed by atoms with E-state index in [0.29, 0.717) is 17.8 Å². The fourth-order valence-corrected chi connectivity index (χ4v) is 2.33. The highest BCUT2D eigenvalue weighted by Gasteiger charge is 2.14. The Hall–Kier alpha value is -2.36. The molecule has 2 heterocycles. The predicted molar refractivity (Wildman–Crippen MR) is 82.5 cm³/mol. The highest BCUT2D eigenvalue weighted by Crippen LogP contribution is 2.22. The summed E-state index contributed by atoms with van der Waals surface area (Å²) in [6.45, 7) is 7.01. The summed E-state index contributed by atoms with van der Waals surface area (Å²) in [5.74, 6) is -0.372. The summed E-state index contributed by atoms with van der Waals surface area (Å²) in [4.78, 5) is 16.1. The summed E-state index contributed by atoms with van der Waals surface area (Å²) in [6.07, 6.45) is 1.66. The third-order valence-corrected chi connectivity index (χ3v) is 3.58. The monoisotopic (exact) mass is 282 g/mol. The third-order valence-electron chi connectivity index (χ3n) is 3.58. The van der Waals surface area contributed by atoms with Crippen molar-refractivity contribution in [1.29, 1.82) is 0 Å². The van der Waals surface area contributed by atoms with Gasteiger partial charge in [0.1, 0.15) is 0 Å². The van der Waals surface area contributed by atoms with Crippen molar-refractivity contribution in [3.8, 4) is 0 Å². The van der Waals surface area contributed by atoms with Crippen LogP contribution in [0.2, 0.25) is 0 Å². The number of pyridine rings is 1. The average Bonchev–Trinajstić information content (AvgIpc) is 2.75. The van der Waals surface area contributed by atoms with Gasteiger partial charge in [0.15, 0.2) is 11.2 Å². The lowest BCUT2D eigenvalue weighted by atomic mass is 9.87. The Kier molecular flexibility index (Phi) is 3.16. The zero-order valence-corrected chi connectivity index (χ0v) is 12.5. The van der Waals surface area contributed by atoms with E-state index in [1.807, 2.05) is 0 Å². The molecule has 4 nitrogen and oxygen atoms in total. The zero-order chi connectivity index (χ0) is 15.0. The molecule has 0 N–H and O–H groups in total. The molecule has 108 valence electrons. The number of fused-ring (bicyclic) bond motifs is 1. The molecule has 1 aromatic carbocycles. The van der Waals surface area contributed by atoms with Gasteiger partial charge in [-0.05, 0) is 28.7 Å². The lowest BCUT2D eigenvalue weighted by Gasteiger charge is -2.19. The smallest absolute Gasteiger partial charge is 0.406 e. The molecule has 0 amide bonds. The summed E-state index contributed by atoms with van der Waals surface area (Å²) in [7, 11) is 0. The molecule has 2 aromatic heterocycles. The van der Waals surface area contributed by atoms with Gasteiger partial charge < -0.3 is 4.42 Å². The van der Waals surface area contributed by atoms with Crippen LogP contribution in [0.5, 0.6) is 0 Å². The summed E-state index contributed by atoms with van der Waals surface area (Å²) in [6, 6.07) is 11.8. The van der Waals surface area contributed by atoms with Crippen LogP contribution in [0.3, 0.4) is 0 Å². The Bertz CT molecular complexity index is 820. The first-order valence-corrected chi connectivity index (χ1v) is 6.99. The van der Waals surface area contributed by atoms with Crippen molar-refractivity contribution in [3.05, 3.63) is 64.3 Å². The third kappa shape index (κ3) is 2.61. The SMILES string of the molecule is CC(C)(C)c1ccc(Cn2c(=O)oc3cccnc32)cc1. The number of nitrogens with zero attached hydrogens (tertiary/aromatic N) is 2. The molecule has 0 bridgehead atoms. The van der Waals surface area contributed by atoms with E-state index < -0.39 is 0 Å². The van der Waals surface area contributed by atoms with E-state index in [1.54, 1.807) is 22.9 Å². The summed E-state index contributed by atoms with van der Waals surface area (Å²) < 4.78 is 6.75. The quantitative estimate of drug-likeness (QED) is 0.724. The first-order chi connectivity index (χ1) is 9.95. The van der Waals surface area contributed by atoms with Crippen molar-refractivity contribution >= 4 is 11.2 Å². The van der Waals surface area contributed by atoms with E-state index in [0.717, 1.165) is 5.56 Å². The number of oxazole rings is 1. The molecule has 0 aliphatic heterocycles. The van der Waals surface area contributed by atoms with Gasteiger partial charge in [-0.15, -0.1) is 0 Å². The number of hydrogen-bond donors (Lipinski definition) is 0. The van der Waals surface area contributed by atoms with E-state index in [9.17, 15) is 4.79 Å². The fraction of sp³-hybridized carbons (Fsp3) is 0.294. The van der Waals surface area contributed by atoms with Gasteiger partial charge in [0, 0.05) is 6.20 Å². The first-order valence-electron chi connectivity index (χ1n) is 6.99. The molecule has 0 fully saturated rings. The lowest BCUT2D eigenvalue weighted by Crippen LogP contribution is -2.16. The molecule has 21 heavy (non-hydrogen) atoms. The molecule has 4 heteroatoms. The lowest BCUT2D eigenvalue weighted by molar-refractivity contribution is 0.517. The van der Waals surface area contributed by atoms with Crippen molar-refractivity contribution < 1.29 is 4.42 Å². The van der Waals surface area contributed by atoms with Crippen LogP contribution in [0.4, 0.5) is 0 Å². The minimum absolute atomic E-state index is 0.124. The molecule has 0 unspecified atom stereocenters. The van der Waals surface area contributed by atoms with E-state index in [-0.39, 0.29) is 11.2 Å². The molecule has 0 aliphatic rings. The second-order valence-electron chi connectivity index (χ2n) is 6.23. The van der Waals surface area contributed by atoms with Crippen molar-refractivity contribution in [2.24, 2.45) is 0 Å². The first kappa shape index (κ1) is 13.6. The van der Waals surface area contributed by atoms with Gasteiger partial charge in [0.2, 0.25) is 0 Å². The molecule has 0 spiro atoms. The van der Waals surface area contributed by atoms with E-state index >= 15 is 0 Å². The Morgan fingerprint density at radius 1 is 1.14 bits per heavy atom. The second-order valence-corrected chi connectivity index (χ2v) is 6.23. The molecule has 0 radical (unpaired) electrons. The van der Waals surface area contributed by atoms with Crippen LogP contribution in [-0.2, 0) is 12.0 Å². The zero-order valence-electron chi connectivity index (χ0n) is 12.5. The van der Waals surface area contributed by atoms with Gasteiger partial charge in [-0.2, -0.15) is 0 Å². The number of rotatable bonds is 2. The normalized spacial score (nSPS) is 12.0. The molecule has 3 aromatic rings. The van der Waals surface area contributed by atoms with Crippen LogP contribution in [0.25, 0.3) is 11.2 Å². The Morgan fingerprint density at radius 3 is 2.52 bits per heavy atom. The maximum Gasteiger partial charge on any atom is 0.421 e. The molecular formula is C17H18N2O2. The van der Waals surface area contributed by atoms with Crippen LogP contribution in [0.1, 0.15) is 31.9 Å². The van der Waals surface area contributed by atoms with E-state index in [4.69, 9.17) is 4.42 Å². The van der Waals surface area contributed by atoms with Crippen LogP contribution in [0.15, 0.2) is 51.8 Å². The van der Waals surface area contributed by atoms with Gasteiger partial charge in [-0.3, -0.25) is 4.57 Å². The Balaban J connectivity index is 1.96. The van der Waals surface area contributed by atoms with Crippen molar-refractivity contribution in [3.63, 3.8) is 0 Å². The number of benzene rings is 1. The van der Waals surface area contributed by atoms with Crippen molar-refractivity contribution in [1.82, 2.24) is 9.55 Å². The fourth-order valence-electron chi connectivity index (χ4n) is 2.33. The predicted octanol–water partition coefficient (Wildman–Crippen LogP) is 3.34. The Morgan fingerprint density at radius 2 is 1.86 bits per heavy atom. The minimum Gasteiger partial charge on any atom is -0.406 e. The van der Waals surface area contributed by atoms with Gasteiger partial charge in [-0.25, -0.2) is 9.78 Å². The number of aromatic nitrogens is 2. The largest absolute Gasteiger partial charge is 0.421 e. The van der Waals surface area contributed by atoms with Gasteiger partial charge >= 0.3 is 5.76 Å². The highest BCUT2D eigenvalue weighted by atomic mass is 16.4. The molecule has 0 saturated carbocycles. The summed E-state index contributed by atoms with van der Waals surface area (Å²) in [5, 5.41) is 0. The summed E-state index contributed by atoms with van der Waals surface area (Å²) >= 11 is 0. The van der Waals surface area contributed by atoms with Crippen LogP contribution in [0, 0.1) is 0 Å². The Labute approximate surface area is 123 Å². The van der Waals surface area contributed by atoms with Gasteiger partial charge in [0.05, 0.1) is 6.54 Å². The molecule has 3 rings (SSSR count). The number of hydrogen-bond acceptors (Lipinski definition) is 3. The average molecular weight is 282 g/mol. The summed E-state index contributed by atoms with van der Waals surface area (Å²) in [5.41, 5.74) is 3.56. The highest BCUT2D eigenvalue weighted by molar-refractivity contribution is 5.67. The van der Waals surface area contributed by atoms with E-state index in [2.05, 4.69) is 50.0 Å².